The lowest BCUT2D eigenvalue weighted by molar-refractivity contribution is -0.137. The summed E-state index contributed by atoms with van der Waals surface area (Å²) in [5, 5.41) is 19.3. The number of aldehydes is 1. The average molecular weight is 661 g/mol. The van der Waals surface area contributed by atoms with Crippen LogP contribution in [0, 0.1) is 11.8 Å². The fraction of sp³-hybridized carbons (Fsp3) is 0.436. The highest BCUT2D eigenvalue weighted by atomic mass is 16.5. The van der Waals surface area contributed by atoms with Crippen molar-refractivity contribution in [1.82, 2.24) is 0 Å². The molecule has 0 amide bonds. The average Bonchev–Trinajstić information content (AvgIpc) is 3.08. The summed E-state index contributed by atoms with van der Waals surface area (Å²) >= 11 is 0. The van der Waals surface area contributed by atoms with Crippen molar-refractivity contribution < 1.29 is 43.6 Å². The SMILES string of the molecule is O=C1CCC1.O=C1CC[C@@H]1[C@@H](O)COCc1ccccc1.O=C1CC[C@@H]1[C@H](O)COCc1ccccc1.O=CCOCc1ccccc1. The molecule has 0 aliphatic heterocycles. The number of hydrogen-bond donors (Lipinski definition) is 2. The Morgan fingerprint density at radius 3 is 1.19 bits per heavy atom. The molecule has 3 fully saturated rings. The molecule has 3 aromatic carbocycles. The molecule has 2 N–H and O–H groups in total. The Balaban J connectivity index is 0.000000185. The molecule has 3 aliphatic rings. The minimum atomic E-state index is -0.634. The zero-order valence-electron chi connectivity index (χ0n) is 27.5. The van der Waals surface area contributed by atoms with Gasteiger partial charge in [-0.3, -0.25) is 14.4 Å². The Labute approximate surface area is 283 Å². The highest BCUT2D eigenvalue weighted by Crippen LogP contribution is 2.26. The van der Waals surface area contributed by atoms with Crippen molar-refractivity contribution in [2.45, 2.75) is 77.0 Å². The number of ether oxygens (including phenoxy) is 3. The fourth-order valence-electron chi connectivity index (χ4n) is 4.77. The van der Waals surface area contributed by atoms with Crippen molar-refractivity contribution in [1.29, 1.82) is 0 Å². The number of rotatable bonds is 14. The highest BCUT2D eigenvalue weighted by molar-refractivity contribution is 5.87. The molecule has 9 nitrogen and oxygen atoms in total. The molecule has 4 atom stereocenters. The first kappa shape index (κ1) is 38.6. The first-order valence-electron chi connectivity index (χ1n) is 16.6. The predicted octanol–water partition coefficient (Wildman–Crippen LogP) is 5.23. The fourth-order valence-corrected chi connectivity index (χ4v) is 4.77. The summed E-state index contributed by atoms with van der Waals surface area (Å²) in [4.78, 5) is 41.9. The van der Waals surface area contributed by atoms with Gasteiger partial charge in [-0.1, -0.05) is 91.0 Å². The minimum absolute atomic E-state index is 0.163. The van der Waals surface area contributed by atoms with Crippen LogP contribution < -0.4 is 0 Å². The number of aliphatic hydroxyl groups is 2. The number of ketones is 3. The second-order valence-corrected chi connectivity index (χ2v) is 11.9. The minimum Gasteiger partial charge on any atom is -0.390 e. The van der Waals surface area contributed by atoms with Crippen LogP contribution >= 0.6 is 0 Å². The summed E-state index contributed by atoms with van der Waals surface area (Å²) < 4.78 is 15.8. The summed E-state index contributed by atoms with van der Waals surface area (Å²) in [6.45, 7) is 2.14. The van der Waals surface area contributed by atoms with Gasteiger partial charge in [0.1, 0.15) is 30.2 Å². The van der Waals surface area contributed by atoms with Gasteiger partial charge in [0, 0.05) is 37.5 Å². The molecule has 0 aromatic heterocycles. The molecule has 6 rings (SSSR count). The van der Waals surface area contributed by atoms with Gasteiger partial charge >= 0.3 is 0 Å². The van der Waals surface area contributed by atoms with E-state index in [0.29, 0.717) is 38.4 Å². The van der Waals surface area contributed by atoms with E-state index in [1.54, 1.807) is 0 Å². The molecular weight excluding hydrogens is 612 g/mol. The summed E-state index contributed by atoms with van der Waals surface area (Å²) in [6, 6.07) is 29.3. The van der Waals surface area contributed by atoms with Gasteiger partial charge in [-0.2, -0.15) is 0 Å². The quantitative estimate of drug-likeness (QED) is 0.176. The smallest absolute Gasteiger partial charge is 0.145 e. The number of hydrogen-bond acceptors (Lipinski definition) is 9. The van der Waals surface area contributed by atoms with E-state index in [9.17, 15) is 29.4 Å². The van der Waals surface area contributed by atoms with Crippen LogP contribution in [0.15, 0.2) is 91.0 Å². The van der Waals surface area contributed by atoms with Crippen molar-refractivity contribution in [2.24, 2.45) is 11.8 Å². The van der Waals surface area contributed by atoms with Gasteiger partial charge in [0.25, 0.3) is 0 Å². The Morgan fingerprint density at radius 1 is 0.583 bits per heavy atom. The maximum Gasteiger partial charge on any atom is 0.145 e. The van der Waals surface area contributed by atoms with Crippen LogP contribution in [0.2, 0.25) is 0 Å². The topological polar surface area (TPSA) is 136 Å². The Bertz CT molecular complexity index is 1270. The van der Waals surface area contributed by atoms with Gasteiger partial charge in [0.2, 0.25) is 0 Å². The maximum absolute atomic E-state index is 11.1. The molecule has 0 heterocycles. The predicted molar refractivity (Wildman–Crippen MR) is 181 cm³/mol. The molecule has 3 aliphatic carbocycles. The van der Waals surface area contributed by atoms with E-state index in [1.165, 1.54) is 0 Å². The van der Waals surface area contributed by atoms with E-state index in [0.717, 1.165) is 55.1 Å². The molecule has 0 saturated heterocycles. The summed E-state index contributed by atoms with van der Waals surface area (Å²) in [6.07, 6.45) is 5.14. The molecule has 0 spiro atoms. The number of benzene rings is 3. The molecule has 3 aromatic rings. The number of aliphatic hydroxyl groups excluding tert-OH is 2. The summed E-state index contributed by atoms with van der Waals surface area (Å²) in [7, 11) is 0. The third-order valence-electron chi connectivity index (χ3n) is 8.17. The van der Waals surface area contributed by atoms with E-state index in [2.05, 4.69) is 0 Å². The lowest BCUT2D eigenvalue weighted by Crippen LogP contribution is -2.38. The lowest BCUT2D eigenvalue weighted by atomic mass is 9.80. The standard InChI is InChI=1S/2C13H16O3.C9H10O2.C4H6O/c2*14-12-7-6-11(12)13(15)9-16-8-10-4-2-1-3-5-10;10-6-7-11-8-9-4-2-1-3-5-9;5-4-2-1-3-4/h2*1-5,11,13,15H,6-9H2;1-6H,7-8H2;1-3H2/t11-,13+;11-,13-;;/m00../s1. The van der Waals surface area contributed by atoms with Gasteiger partial charge in [-0.25, -0.2) is 0 Å². The van der Waals surface area contributed by atoms with Gasteiger partial charge in [0.05, 0.1) is 45.2 Å². The normalized spacial score (nSPS) is 18.8. The van der Waals surface area contributed by atoms with Crippen LogP contribution in [0.5, 0.6) is 0 Å². The summed E-state index contributed by atoms with van der Waals surface area (Å²) in [5.74, 6) is 0.392. The number of carbonyl (C=O) groups is 4. The molecule has 0 unspecified atom stereocenters. The van der Waals surface area contributed by atoms with Crippen molar-refractivity contribution in [3.63, 3.8) is 0 Å². The second-order valence-electron chi connectivity index (χ2n) is 11.9. The second kappa shape index (κ2) is 22.7. The van der Waals surface area contributed by atoms with Gasteiger partial charge < -0.3 is 29.2 Å². The van der Waals surface area contributed by atoms with E-state index in [4.69, 9.17) is 14.2 Å². The van der Waals surface area contributed by atoms with Crippen LogP contribution in [0.25, 0.3) is 0 Å². The van der Waals surface area contributed by atoms with Crippen molar-refractivity contribution >= 4 is 23.6 Å². The molecule has 3 saturated carbocycles. The molecule has 0 radical (unpaired) electrons. The van der Waals surface area contributed by atoms with Gasteiger partial charge in [0.15, 0.2) is 0 Å². The van der Waals surface area contributed by atoms with Crippen molar-refractivity contribution in [2.75, 3.05) is 19.8 Å². The first-order chi connectivity index (χ1) is 23.4. The maximum atomic E-state index is 11.1. The van der Waals surface area contributed by atoms with Crippen molar-refractivity contribution in [3.8, 4) is 0 Å². The van der Waals surface area contributed by atoms with Gasteiger partial charge in [-0.05, 0) is 36.0 Å². The van der Waals surface area contributed by atoms with Crippen molar-refractivity contribution in [3.05, 3.63) is 108 Å². The van der Waals surface area contributed by atoms with E-state index < -0.39 is 12.2 Å². The largest absolute Gasteiger partial charge is 0.390 e. The van der Waals surface area contributed by atoms with Crippen LogP contribution in [0.1, 0.15) is 61.6 Å². The lowest BCUT2D eigenvalue weighted by Gasteiger charge is -2.28. The highest BCUT2D eigenvalue weighted by Gasteiger charge is 2.35. The molecule has 258 valence electrons. The zero-order chi connectivity index (χ0) is 34.4. The van der Waals surface area contributed by atoms with Crippen LogP contribution in [0.3, 0.4) is 0 Å². The van der Waals surface area contributed by atoms with E-state index >= 15 is 0 Å². The third-order valence-corrected chi connectivity index (χ3v) is 8.17. The number of Topliss-reactive ketones (excluding diaryl/α,β-unsaturated/α-hetero) is 3. The number of carbonyl (C=O) groups excluding carboxylic acids is 4. The monoisotopic (exact) mass is 660 g/mol. The molecular formula is C39H48O9. The zero-order valence-corrected chi connectivity index (χ0v) is 27.5. The van der Waals surface area contributed by atoms with Crippen LogP contribution in [-0.4, -0.2) is 65.9 Å². The molecule has 0 bridgehead atoms. The van der Waals surface area contributed by atoms with E-state index in [-0.39, 0.29) is 43.2 Å². The van der Waals surface area contributed by atoms with Crippen LogP contribution in [-0.2, 0) is 53.2 Å². The Hall–Kier alpha value is -3.86. The van der Waals surface area contributed by atoms with E-state index in [1.807, 2.05) is 91.0 Å². The third kappa shape index (κ3) is 14.9. The Kier molecular flexibility index (Phi) is 18.2. The molecule has 48 heavy (non-hydrogen) atoms. The van der Waals surface area contributed by atoms with Crippen LogP contribution in [0.4, 0.5) is 0 Å². The summed E-state index contributed by atoms with van der Waals surface area (Å²) in [5.41, 5.74) is 3.25. The molecule has 9 heteroatoms. The van der Waals surface area contributed by atoms with Gasteiger partial charge in [-0.15, -0.1) is 0 Å². The Morgan fingerprint density at radius 2 is 0.938 bits per heavy atom. The first-order valence-corrected chi connectivity index (χ1v) is 16.6.